The number of halogens is 1. The van der Waals surface area contributed by atoms with Gasteiger partial charge in [0.2, 0.25) is 0 Å². The Balaban J connectivity index is 2.09. The molecular formula is C16H15ClN2. The van der Waals surface area contributed by atoms with Gasteiger partial charge in [0.05, 0.1) is 10.5 Å². The fourth-order valence-corrected chi connectivity index (χ4v) is 2.65. The molecule has 1 aromatic carbocycles. The van der Waals surface area contributed by atoms with Gasteiger partial charge in [-0.05, 0) is 35.1 Å². The molecule has 3 rings (SSSR count). The molecule has 0 amide bonds. The lowest BCUT2D eigenvalue weighted by Crippen LogP contribution is -2.00. The number of rotatable bonds is 3. The largest absolute Gasteiger partial charge is 0.343 e. The van der Waals surface area contributed by atoms with Crippen molar-refractivity contribution >= 4 is 22.5 Å². The molecule has 0 atom stereocenters. The van der Waals surface area contributed by atoms with E-state index in [1.165, 1.54) is 16.5 Å². The lowest BCUT2D eigenvalue weighted by atomic mass is 10.1. The predicted octanol–water partition coefficient (Wildman–Crippen LogP) is 4.30. The summed E-state index contributed by atoms with van der Waals surface area (Å²) in [5.41, 5.74) is 3.77. The average Bonchev–Trinajstić information content (AvgIpc) is 2.85. The fraction of sp³-hybridized carbons (Fsp3) is 0.188. The zero-order valence-electron chi connectivity index (χ0n) is 10.8. The molecule has 0 bridgehead atoms. The van der Waals surface area contributed by atoms with Crippen LogP contribution in [0.2, 0.25) is 5.02 Å². The van der Waals surface area contributed by atoms with Gasteiger partial charge in [-0.15, -0.1) is 0 Å². The van der Waals surface area contributed by atoms with Crippen LogP contribution in [0.25, 0.3) is 10.9 Å². The summed E-state index contributed by atoms with van der Waals surface area (Å²) in [6.45, 7) is 2.97. The first-order valence-electron chi connectivity index (χ1n) is 6.44. The zero-order valence-corrected chi connectivity index (χ0v) is 11.6. The predicted molar refractivity (Wildman–Crippen MR) is 79.7 cm³/mol. The molecule has 0 fully saturated rings. The van der Waals surface area contributed by atoms with Gasteiger partial charge < -0.3 is 4.57 Å². The minimum atomic E-state index is 0.721. The summed E-state index contributed by atoms with van der Waals surface area (Å²) in [6.07, 6.45) is 6.64. The number of benzene rings is 1. The highest BCUT2D eigenvalue weighted by molar-refractivity contribution is 6.31. The molecule has 3 aromatic rings. The molecule has 2 aromatic heterocycles. The molecule has 3 heteroatoms. The first kappa shape index (κ1) is 12.2. The van der Waals surface area contributed by atoms with E-state index in [0.29, 0.717) is 0 Å². The van der Waals surface area contributed by atoms with E-state index in [9.17, 15) is 0 Å². The van der Waals surface area contributed by atoms with E-state index in [1.807, 2.05) is 6.07 Å². The third-order valence-corrected chi connectivity index (χ3v) is 3.79. The van der Waals surface area contributed by atoms with Crippen LogP contribution in [-0.2, 0) is 13.0 Å². The summed E-state index contributed by atoms with van der Waals surface area (Å²) in [5.74, 6) is 0. The highest BCUT2D eigenvalue weighted by atomic mass is 35.5. The molecule has 96 valence electrons. The van der Waals surface area contributed by atoms with Crippen LogP contribution >= 0.6 is 11.6 Å². The van der Waals surface area contributed by atoms with Gasteiger partial charge in [0.15, 0.2) is 0 Å². The van der Waals surface area contributed by atoms with E-state index < -0.39 is 0 Å². The van der Waals surface area contributed by atoms with Crippen LogP contribution in [0.3, 0.4) is 0 Å². The number of fused-ring (bicyclic) bond motifs is 1. The SMILES string of the molecule is CCc1cccc2ccn(Cc3ccncc3Cl)c12. The summed E-state index contributed by atoms with van der Waals surface area (Å²) in [6, 6.07) is 10.6. The topological polar surface area (TPSA) is 17.8 Å². The molecular weight excluding hydrogens is 256 g/mol. The van der Waals surface area contributed by atoms with E-state index in [-0.39, 0.29) is 0 Å². The van der Waals surface area contributed by atoms with Crippen molar-refractivity contribution in [1.29, 1.82) is 0 Å². The second-order valence-electron chi connectivity index (χ2n) is 4.62. The Morgan fingerprint density at radius 1 is 1.16 bits per heavy atom. The second-order valence-corrected chi connectivity index (χ2v) is 5.03. The quantitative estimate of drug-likeness (QED) is 0.694. The Morgan fingerprint density at radius 3 is 2.84 bits per heavy atom. The summed E-state index contributed by atoms with van der Waals surface area (Å²) in [7, 11) is 0. The first-order valence-corrected chi connectivity index (χ1v) is 6.82. The van der Waals surface area contributed by atoms with E-state index >= 15 is 0 Å². The van der Waals surface area contributed by atoms with Crippen molar-refractivity contribution < 1.29 is 0 Å². The van der Waals surface area contributed by atoms with Gasteiger partial charge in [-0.3, -0.25) is 4.98 Å². The monoisotopic (exact) mass is 270 g/mol. The maximum absolute atomic E-state index is 6.19. The molecule has 0 aliphatic rings. The van der Waals surface area contributed by atoms with Gasteiger partial charge in [-0.1, -0.05) is 36.7 Å². The number of hydrogen-bond donors (Lipinski definition) is 0. The van der Waals surface area contributed by atoms with Gasteiger partial charge in [0.25, 0.3) is 0 Å². The van der Waals surface area contributed by atoms with Crippen LogP contribution in [0.4, 0.5) is 0 Å². The van der Waals surface area contributed by atoms with Crippen LogP contribution in [0, 0.1) is 0 Å². The smallest absolute Gasteiger partial charge is 0.0639 e. The van der Waals surface area contributed by atoms with E-state index in [0.717, 1.165) is 23.6 Å². The minimum Gasteiger partial charge on any atom is -0.343 e. The molecule has 0 N–H and O–H groups in total. The van der Waals surface area contributed by atoms with Crippen LogP contribution in [0.15, 0.2) is 48.9 Å². The maximum atomic E-state index is 6.19. The Morgan fingerprint density at radius 2 is 2.05 bits per heavy atom. The highest BCUT2D eigenvalue weighted by Crippen LogP contribution is 2.23. The van der Waals surface area contributed by atoms with E-state index in [1.54, 1.807) is 12.4 Å². The van der Waals surface area contributed by atoms with Gasteiger partial charge in [0.1, 0.15) is 0 Å². The van der Waals surface area contributed by atoms with Crippen molar-refractivity contribution in [1.82, 2.24) is 9.55 Å². The van der Waals surface area contributed by atoms with Crippen molar-refractivity contribution in [2.75, 3.05) is 0 Å². The molecule has 0 radical (unpaired) electrons. The standard InChI is InChI=1S/C16H15ClN2/c1-2-12-4-3-5-13-7-9-19(16(12)13)11-14-6-8-18-10-15(14)17/h3-10H,2,11H2,1H3. The second kappa shape index (κ2) is 5.06. The van der Waals surface area contributed by atoms with Crippen molar-refractivity contribution in [3.8, 4) is 0 Å². The lowest BCUT2D eigenvalue weighted by molar-refractivity contribution is 0.829. The molecule has 19 heavy (non-hydrogen) atoms. The third kappa shape index (κ3) is 2.24. The number of nitrogens with zero attached hydrogens (tertiary/aromatic N) is 2. The minimum absolute atomic E-state index is 0.721. The molecule has 0 aliphatic heterocycles. The molecule has 0 saturated carbocycles. The summed E-state index contributed by atoms with van der Waals surface area (Å²) in [5, 5.41) is 2.00. The average molecular weight is 271 g/mol. The van der Waals surface area contributed by atoms with Crippen molar-refractivity contribution in [3.05, 3.63) is 65.1 Å². The Kier molecular flexibility index (Phi) is 3.26. The van der Waals surface area contributed by atoms with Crippen molar-refractivity contribution in [2.24, 2.45) is 0 Å². The Labute approximate surface area is 117 Å². The fourth-order valence-electron chi connectivity index (χ4n) is 2.47. The molecule has 0 spiro atoms. The lowest BCUT2D eigenvalue weighted by Gasteiger charge is -2.10. The molecule has 0 unspecified atom stereocenters. The normalized spacial score (nSPS) is 11.1. The number of aromatic nitrogens is 2. The first-order chi connectivity index (χ1) is 9.29. The zero-order chi connectivity index (χ0) is 13.2. The highest BCUT2D eigenvalue weighted by Gasteiger charge is 2.07. The summed E-state index contributed by atoms with van der Waals surface area (Å²) >= 11 is 6.19. The molecule has 0 aliphatic carbocycles. The van der Waals surface area contributed by atoms with Crippen molar-refractivity contribution in [3.63, 3.8) is 0 Å². The van der Waals surface area contributed by atoms with Gasteiger partial charge >= 0.3 is 0 Å². The molecule has 0 saturated heterocycles. The van der Waals surface area contributed by atoms with E-state index in [2.05, 4.69) is 46.9 Å². The molecule has 2 heterocycles. The van der Waals surface area contributed by atoms with Gasteiger partial charge in [-0.25, -0.2) is 0 Å². The van der Waals surface area contributed by atoms with Gasteiger partial charge in [-0.2, -0.15) is 0 Å². The van der Waals surface area contributed by atoms with Crippen molar-refractivity contribution in [2.45, 2.75) is 19.9 Å². The van der Waals surface area contributed by atoms with Crippen LogP contribution < -0.4 is 0 Å². The Bertz CT molecular complexity index is 716. The van der Waals surface area contributed by atoms with Gasteiger partial charge in [0, 0.05) is 25.1 Å². The summed E-state index contributed by atoms with van der Waals surface area (Å²) < 4.78 is 2.26. The molecule has 2 nitrogen and oxygen atoms in total. The van der Waals surface area contributed by atoms with Crippen LogP contribution in [0.5, 0.6) is 0 Å². The number of para-hydroxylation sites is 1. The number of hydrogen-bond acceptors (Lipinski definition) is 1. The van der Waals surface area contributed by atoms with Crippen LogP contribution in [0.1, 0.15) is 18.1 Å². The van der Waals surface area contributed by atoms with Crippen LogP contribution in [-0.4, -0.2) is 9.55 Å². The Hall–Kier alpha value is -1.80. The summed E-state index contributed by atoms with van der Waals surface area (Å²) in [4.78, 5) is 4.03. The maximum Gasteiger partial charge on any atom is 0.0639 e. The van der Waals surface area contributed by atoms with E-state index in [4.69, 9.17) is 11.6 Å². The third-order valence-electron chi connectivity index (χ3n) is 3.45. The number of aryl methyl sites for hydroxylation is 1. The number of pyridine rings is 1.